The Balaban J connectivity index is 2.07. The molecule has 2 amide bonds. The summed E-state index contributed by atoms with van der Waals surface area (Å²) in [6.45, 7) is 4.26. The van der Waals surface area contributed by atoms with E-state index in [1.54, 1.807) is 9.58 Å². The van der Waals surface area contributed by atoms with Crippen molar-refractivity contribution in [2.45, 2.75) is 26.3 Å². The van der Waals surface area contributed by atoms with Crippen LogP contribution in [-0.4, -0.2) is 56.6 Å². The molecular formula is C11H17N5O3. The van der Waals surface area contributed by atoms with Crippen molar-refractivity contribution in [3.05, 3.63) is 11.4 Å². The molecule has 2 N–H and O–H groups in total. The molecule has 2 heterocycles. The second-order valence-corrected chi connectivity index (χ2v) is 4.38. The van der Waals surface area contributed by atoms with Gasteiger partial charge in [-0.05, 0) is 6.42 Å². The largest absolute Gasteiger partial charge is 0.476 e. The van der Waals surface area contributed by atoms with Crippen LogP contribution in [0.3, 0.4) is 0 Å². The van der Waals surface area contributed by atoms with Gasteiger partial charge in [-0.25, -0.2) is 14.3 Å². The van der Waals surface area contributed by atoms with Crippen LogP contribution in [0.15, 0.2) is 0 Å². The van der Waals surface area contributed by atoms with Crippen LogP contribution in [0.4, 0.5) is 4.79 Å². The fraction of sp³-hybridized carbons (Fsp3) is 0.636. The number of urea groups is 1. The lowest BCUT2D eigenvalue weighted by atomic mass is 10.2. The molecule has 0 bridgehead atoms. The van der Waals surface area contributed by atoms with E-state index in [2.05, 4.69) is 15.6 Å². The molecule has 0 aromatic carbocycles. The van der Waals surface area contributed by atoms with Crippen LogP contribution in [0.25, 0.3) is 0 Å². The summed E-state index contributed by atoms with van der Waals surface area (Å²) in [4.78, 5) is 24.1. The summed E-state index contributed by atoms with van der Waals surface area (Å²) < 4.78 is 1.58. The zero-order valence-corrected chi connectivity index (χ0v) is 10.8. The first-order valence-corrected chi connectivity index (χ1v) is 6.32. The number of carbonyl (C=O) groups is 2. The summed E-state index contributed by atoms with van der Waals surface area (Å²) in [6.07, 6.45) is 1.43. The fourth-order valence-electron chi connectivity index (χ4n) is 2.10. The average molecular weight is 267 g/mol. The predicted octanol–water partition coefficient (Wildman–Crippen LogP) is -0.0460. The minimum absolute atomic E-state index is 0.00715. The molecule has 0 spiro atoms. The first-order valence-electron chi connectivity index (χ1n) is 6.32. The van der Waals surface area contributed by atoms with Crippen LogP contribution in [0.5, 0.6) is 0 Å². The lowest BCUT2D eigenvalue weighted by molar-refractivity contribution is 0.0689. The van der Waals surface area contributed by atoms with Crippen LogP contribution in [-0.2, 0) is 13.0 Å². The number of hydrogen-bond acceptors (Lipinski definition) is 4. The summed E-state index contributed by atoms with van der Waals surface area (Å²) in [5.74, 6) is -1.06. The Labute approximate surface area is 110 Å². The maximum Gasteiger partial charge on any atom is 0.358 e. The number of rotatable bonds is 6. The van der Waals surface area contributed by atoms with Crippen molar-refractivity contribution >= 4 is 12.0 Å². The molecule has 1 aromatic rings. The molecule has 1 aromatic heterocycles. The van der Waals surface area contributed by atoms with Gasteiger partial charge in [-0.3, -0.25) is 0 Å². The highest BCUT2D eigenvalue weighted by molar-refractivity contribution is 5.86. The summed E-state index contributed by atoms with van der Waals surface area (Å²) >= 11 is 0. The predicted molar refractivity (Wildman–Crippen MR) is 65.9 cm³/mol. The van der Waals surface area contributed by atoms with Gasteiger partial charge < -0.3 is 15.3 Å². The maximum absolute atomic E-state index is 11.4. The first kappa shape index (κ1) is 13.3. The first-order chi connectivity index (χ1) is 9.13. The van der Waals surface area contributed by atoms with Gasteiger partial charge in [0, 0.05) is 19.6 Å². The Morgan fingerprint density at radius 1 is 1.47 bits per heavy atom. The SMILES string of the molecule is CCCc1c(C(=O)O)nnn1CCN1CCNC1=O. The highest BCUT2D eigenvalue weighted by Gasteiger charge is 2.21. The molecule has 2 rings (SSSR count). The second kappa shape index (κ2) is 5.68. The van der Waals surface area contributed by atoms with Crippen molar-refractivity contribution in [3.63, 3.8) is 0 Å². The Morgan fingerprint density at radius 3 is 2.84 bits per heavy atom. The quantitative estimate of drug-likeness (QED) is 0.753. The van der Waals surface area contributed by atoms with E-state index in [-0.39, 0.29) is 11.7 Å². The number of nitrogens with zero attached hydrogens (tertiary/aromatic N) is 4. The van der Waals surface area contributed by atoms with Crippen molar-refractivity contribution in [1.29, 1.82) is 0 Å². The van der Waals surface area contributed by atoms with E-state index in [0.717, 1.165) is 6.42 Å². The molecule has 19 heavy (non-hydrogen) atoms. The van der Waals surface area contributed by atoms with Crippen LogP contribution >= 0.6 is 0 Å². The third kappa shape index (κ3) is 2.83. The lowest BCUT2D eigenvalue weighted by Crippen LogP contribution is -2.31. The standard InChI is InChI=1S/C11H17N5O3/c1-2-3-8-9(10(17)18)13-14-16(8)7-6-15-5-4-12-11(15)19/h2-7H2,1H3,(H,12,19)(H,17,18). The minimum atomic E-state index is -1.06. The Kier molecular flexibility index (Phi) is 3.98. The molecule has 8 nitrogen and oxygen atoms in total. The molecule has 1 saturated heterocycles. The zero-order chi connectivity index (χ0) is 13.8. The topological polar surface area (TPSA) is 100 Å². The molecule has 1 fully saturated rings. The van der Waals surface area contributed by atoms with Gasteiger partial charge in [-0.15, -0.1) is 5.10 Å². The van der Waals surface area contributed by atoms with Gasteiger partial charge in [0.15, 0.2) is 5.69 Å². The van der Waals surface area contributed by atoms with Crippen LogP contribution in [0.2, 0.25) is 0 Å². The summed E-state index contributed by atoms with van der Waals surface area (Å²) in [6, 6.07) is -0.0874. The van der Waals surface area contributed by atoms with E-state index in [0.29, 0.717) is 38.3 Å². The van der Waals surface area contributed by atoms with Crippen LogP contribution < -0.4 is 5.32 Å². The molecule has 1 aliphatic rings. The summed E-state index contributed by atoms with van der Waals surface area (Å²) in [5.41, 5.74) is 0.627. The van der Waals surface area contributed by atoms with Gasteiger partial charge in [-0.2, -0.15) is 0 Å². The number of aromatic nitrogens is 3. The normalized spacial score (nSPS) is 14.8. The molecule has 0 unspecified atom stereocenters. The molecule has 0 saturated carbocycles. The number of carbonyl (C=O) groups excluding carboxylic acids is 1. The average Bonchev–Trinajstić information content (AvgIpc) is 2.94. The molecule has 0 radical (unpaired) electrons. The van der Waals surface area contributed by atoms with E-state index in [4.69, 9.17) is 5.11 Å². The maximum atomic E-state index is 11.4. The van der Waals surface area contributed by atoms with E-state index < -0.39 is 5.97 Å². The van der Waals surface area contributed by atoms with Crippen molar-refractivity contribution in [2.75, 3.05) is 19.6 Å². The van der Waals surface area contributed by atoms with Crippen molar-refractivity contribution in [1.82, 2.24) is 25.2 Å². The smallest absolute Gasteiger partial charge is 0.358 e. The Morgan fingerprint density at radius 2 is 2.26 bits per heavy atom. The minimum Gasteiger partial charge on any atom is -0.476 e. The van der Waals surface area contributed by atoms with Gasteiger partial charge in [0.2, 0.25) is 0 Å². The van der Waals surface area contributed by atoms with Crippen LogP contribution in [0.1, 0.15) is 29.5 Å². The highest BCUT2D eigenvalue weighted by Crippen LogP contribution is 2.09. The van der Waals surface area contributed by atoms with E-state index in [1.165, 1.54) is 0 Å². The molecule has 0 aliphatic carbocycles. The van der Waals surface area contributed by atoms with Gasteiger partial charge in [-0.1, -0.05) is 18.6 Å². The number of aromatic carboxylic acids is 1. The third-order valence-corrected chi connectivity index (χ3v) is 3.05. The summed E-state index contributed by atoms with van der Waals surface area (Å²) in [7, 11) is 0. The Hall–Kier alpha value is -2.12. The third-order valence-electron chi connectivity index (χ3n) is 3.05. The molecule has 1 aliphatic heterocycles. The van der Waals surface area contributed by atoms with Crippen molar-refractivity contribution in [3.8, 4) is 0 Å². The number of nitrogens with one attached hydrogen (secondary N) is 1. The summed E-state index contributed by atoms with van der Waals surface area (Å²) in [5, 5.41) is 19.3. The number of carboxylic acids is 1. The second-order valence-electron chi connectivity index (χ2n) is 4.38. The monoisotopic (exact) mass is 267 g/mol. The van der Waals surface area contributed by atoms with Gasteiger partial charge >= 0.3 is 12.0 Å². The molecular weight excluding hydrogens is 250 g/mol. The molecule has 0 atom stereocenters. The van der Waals surface area contributed by atoms with Gasteiger partial charge in [0.25, 0.3) is 0 Å². The highest BCUT2D eigenvalue weighted by atomic mass is 16.4. The van der Waals surface area contributed by atoms with Crippen molar-refractivity contribution in [2.24, 2.45) is 0 Å². The number of hydrogen-bond donors (Lipinski definition) is 2. The molecule has 8 heteroatoms. The van der Waals surface area contributed by atoms with Crippen LogP contribution in [0, 0.1) is 0 Å². The molecule has 104 valence electrons. The van der Waals surface area contributed by atoms with E-state index in [1.807, 2.05) is 6.92 Å². The zero-order valence-electron chi connectivity index (χ0n) is 10.8. The lowest BCUT2D eigenvalue weighted by Gasteiger charge is -2.14. The van der Waals surface area contributed by atoms with Gasteiger partial charge in [0.05, 0.1) is 12.2 Å². The van der Waals surface area contributed by atoms with E-state index in [9.17, 15) is 9.59 Å². The van der Waals surface area contributed by atoms with Gasteiger partial charge in [0.1, 0.15) is 0 Å². The number of carboxylic acid groups (broad SMARTS) is 1. The Bertz CT molecular complexity index is 485. The number of amides is 2. The fourth-order valence-corrected chi connectivity index (χ4v) is 2.10. The van der Waals surface area contributed by atoms with E-state index >= 15 is 0 Å². The van der Waals surface area contributed by atoms with Crippen molar-refractivity contribution < 1.29 is 14.7 Å².